The quantitative estimate of drug-likeness (QED) is 0.464. The summed E-state index contributed by atoms with van der Waals surface area (Å²) in [6.07, 6.45) is 0.723. The summed E-state index contributed by atoms with van der Waals surface area (Å²) in [7, 11) is 2.66. The molecule has 0 aromatic heterocycles. The summed E-state index contributed by atoms with van der Waals surface area (Å²) >= 11 is 0. The van der Waals surface area contributed by atoms with Gasteiger partial charge in [-0.3, -0.25) is 4.79 Å². The highest BCUT2D eigenvalue weighted by molar-refractivity contribution is 5.90. The fraction of sp³-hybridized carbons (Fsp3) is 0.125. The third-order valence-electron chi connectivity index (χ3n) is 4.16. The van der Waals surface area contributed by atoms with Crippen molar-refractivity contribution in [2.45, 2.75) is 6.54 Å². The number of anilines is 1. The summed E-state index contributed by atoms with van der Waals surface area (Å²) < 4.78 is 22.1. The Hall–Kier alpha value is -4.00. The van der Waals surface area contributed by atoms with Crippen LogP contribution in [0.25, 0.3) is 0 Å². The van der Waals surface area contributed by atoms with Crippen molar-refractivity contribution in [3.63, 3.8) is 0 Å². The molecule has 1 N–H and O–H groups in total. The largest absolute Gasteiger partial charge is 0.465 e. The monoisotopic (exact) mass is 423 g/mol. The van der Waals surface area contributed by atoms with Crippen LogP contribution in [0.5, 0.6) is 0 Å². The Morgan fingerprint density at radius 1 is 0.871 bits per heavy atom. The molecule has 0 amide bonds. The van der Waals surface area contributed by atoms with Crippen LogP contribution < -0.4 is 5.32 Å². The van der Waals surface area contributed by atoms with Crippen molar-refractivity contribution >= 4 is 23.9 Å². The molecule has 3 aromatic carbocycles. The molecule has 0 unspecified atom stereocenters. The maximum Gasteiger partial charge on any atom is 0.337 e. The molecule has 7 heteroatoms. The number of benzene rings is 3. The van der Waals surface area contributed by atoms with Crippen LogP contribution in [0.15, 0.2) is 72.8 Å². The van der Waals surface area contributed by atoms with E-state index in [2.05, 4.69) is 14.8 Å². The molecule has 3 rings (SSSR count). The van der Waals surface area contributed by atoms with Crippen molar-refractivity contribution in [1.29, 1.82) is 0 Å². The Bertz CT molecular complexity index is 1020. The summed E-state index contributed by atoms with van der Waals surface area (Å²) in [5.74, 6) is -1.02. The molecule has 0 saturated carbocycles. The van der Waals surface area contributed by atoms with Crippen LogP contribution in [0.1, 0.15) is 36.6 Å². The number of hydrogen-bond acceptors (Lipinski definition) is 6. The summed E-state index contributed by atoms with van der Waals surface area (Å²) in [5, 5.41) is 3.11. The van der Waals surface area contributed by atoms with Gasteiger partial charge >= 0.3 is 11.9 Å². The number of esters is 2. The molecule has 0 radical (unpaired) electrons. The molecule has 0 fully saturated rings. The van der Waals surface area contributed by atoms with Crippen LogP contribution >= 0.6 is 0 Å². The lowest BCUT2D eigenvalue weighted by Crippen LogP contribution is -2.03. The Morgan fingerprint density at radius 2 is 1.42 bits per heavy atom. The third kappa shape index (κ3) is 7.40. The maximum absolute atomic E-state index is 13.0. The van der Waals surface area contributed by atoms with Crippen molar-refractivity contribution in [2.24, 2.45) is 0 Å². The van der Waals surface area contributed by atoms with Gasteiger partial charge in [0.2, 0.25) is 0 Å². The van der Waals surface area contributed by atoms with Crippen molar-refractivity contribution in [3.05, 3.63) is 101 Å². The van der Waals surface area contributed by atoms with E-state index in [1.807, 2.05) is 12.1 Å². The van der Waals surface area contributed by atoms with E-state index in [9.17, 15) is 18.8 Å². The molecule has 0 aliphatic rings. The van der Waals surface area contributed by atoms with Crippen LogP contribution in [0, 0.1) is 5.82 Å². The lowest BCUT2D eigenvalue weighted by molar-refractivity contribution is 0.0592. The number of carbonyl (C=O) groups is 3. The van der Waals surface area contributed by atoms with Crippen molar-refractivity contribution in [2.75, 3.05) is 19.5 Å². The fourth-order valence-corrected chi connectivity index (χ4v) is 2.49. The lowest BCUT2D eigenvalue weighted by Gasteiger charge is -2.07. The fourth-order valence-electron chi connectivity index (χ4n) is 2.49. The number of aldehydes is 1. The zero-order chi connectivity index (χ0) is 22.6. The SMILES string of the molecule is COC(=O)c1ccc(C=O)cc1.COC(=O)c1ccc(CNc2cccc(F)c2)cc1. The number of methoxy groups -OCH3 is 2. The molecule has 0 bridgehead atoms. The van der Waals surface area contributed by atoms with E-state index < -0.39 is 5.97 Å². The smallest absolute Gasteiger partial charge is 0.337 e. The van der Waals surface area contributed by atoms with E-state index in [1.165, 1.54) is 26.4 Å². The average molecular weight is 423 g/mol. The van der Waals surface area contributed by atoms with E-state index in [4.69, 9.17) is 0 Å². The molecule has 6 nitrogen and oxygen atoms in total. The molecule has 31 heavy (non-hydrogen) atoms. The molecular formula is C24H22FNO5. The lowest BCUT2D eigenvalue weighted by atomic mass is 10.1. The highest BCUT2D eigenvalue weighted by Crippen LogP contribution is 2.12. The van der Waals surface area contributed by atoms with E-state index in [-0.39, 0.29) is 11.8 Å². The molecular weight excluding hydrogens is 401 g/mol. The first-order valence-corrected chi connectivity index (χ1v) is 9.27. The van der Waals surface area contributed by atoms with Crippen molar-refractivity contribution in [3.8, 4) is 0 Å². The number of rotatable bonds is 6. The first kappa shape index (κ1) is 23.3. The van der Waals surface area contributed by atoms with Crippen molar-refractivity contribution in [1.82, 2.24) is 0 Å². The molecule has 0 aliphatic carbocycles. The minimum atomic E-state index is -0.396. The predicted molar refractivity (Wildman–Crippen MR) is 115 cm³/mol. The second-order valence-electron chi connectivity index (χ2n) is 6.28. The van der Waals surface area contributed by atoms with Gasteiger partial charge in [-0.05, 0) is 48.0 Å². The van der Waals surface area contributed by atoms with Gasteiger partial charge in [0, 0.05) is 17.8 Å². The minimum absolute atomic E-state index is 0.272. The molecule has 0 aliphatic heterocycles. The highest BCUT2D eigenvalue weighted by Gasteiger charge is 2.04. The van der Waals surface area contributed by atoms with Gasteiger partial charge in [0.15, 0.2) is 0 Å². The van der Waals surface area contributed by atoms with Gasteiger partial charge in [-0.25, -0.2) is 14.0 Å². The second-order valence-corrected chi connectivity index (χ2v) is 6.28. The van der Waals surface area contributed by atoms with Gasteiger partial charge in [0.25, 0.3) is 0 Å². The van der Waals surface area contributed by atoms with E-state index in [0.29, 0.717) is 23.2 Å². The number of hydrogen-bond donors (Lipinski definition) is 1. The van der Waals surface area contributed by atoms with E-state index in [0.717, 1.165) is 17.5 Å². The highest BCUT2D eigenvalue weighted by atomic mass is 19.1. The molecule has 0 atom stereocenters. The van der Waals surface area contributed by atoms with Gasteiger partial charge in [0.1, 0.15) is 12.1 Å². The van der Waals surface area contributed by atoms with Gasteiger partial charge < -0.3 is 14.8 Å². The molecule has 3 aromatic rings. The number of nitrogens with one attached hydrogen (secondary N) is 1. The summed E-state index contributed by atoms with van der Waals surface area (Å²) in [4.78, 5) is 32.4. The number of carbonyl (C=O) groups excluding carboxylic acids is 3. The Morgan fingerprint density at radius 3 is 1.90 bits per heavy atom. The van der Waals surface area contributed by atoms with E-state index >= 15 is 0 Å². The first-order chi connectivity index (χ1) is 15.0. The number of ether oxygens (including phenoxy) is 2. The zero-order valence-electron chi connectivity index (χ0n) is 17.1. The average Bonchev–Trinajstić information content (AvgIpc) is 2.82. The molecule has 0 heterocycles. The predicted octanol–water partition coefficient (Wildman–Crippen LogP) is 4.51. The molecule has 160 valence electrons. The molecule has 0 spiro atoms. The Balaban J connectivity index is 0.000000245. The summed E-state index contributed by atoms with van der Waals surface area (Å²) in [6, 6.07) is 19.6. The second kappa shape index (κ2) is 11.9. The maximum atomic E-state index is 13.0. The summed E-state index contributed by atoms with van der Waals surface area (Å²) in [6.45, 7) is 0.560. The standard InChI is InChI=1S/C15H14FNO2.C9H8O3/c1-19-15(18)12-7-5-11(6-8-12)10-17-14-4-2-3-13(16)9-14;1-12-9(11)8-4-2-7(6-10)3-5-8/h2-9,17H,10H2,1H3;2-6H,1H3. The van der Waals surface area contributed by atoms with Crippen LogP contribution in [-0.4, -0.2) is 32.4 Å². The van der Waals surface area contributed by atoms with Crippen LogP contribution in [0.4, 0.5) is 10.1 Å². The molecule has 0 saturated heterocycles. The normalized spacial score (nSPS) is 9.65. The van der Waals surface area contributed by atoms with Gasteiger partial charge in [-0.1, -0.05) is 30.3 Å². The Kier molecular flexibility index (Phi) is 8.91. The summed E-state index contributed by atoms with van der Waals surface area (Å²) in [5.41, 5.74) is 3.22. The third-order valence-corrected chi connectivity index (χ3v) is 4.16. The first-order valence-electron chi connectivity index (χ1n) is 9.27. The van der Waals surface area contributed by atoms with Gasteiger partial charge in [-0.2, -0.15) is 0 Å². The Labute approximate surface area is 179 Å². The van der Waals surface area contributed by atoms with Gasteiger partial charge in [0.05, 0.1) is 25.3 Å². The topological polar surface area (TPSA) is 81.7 Å². The zero-order valence-corrected chi connectivity index (χ0v) is 17.1. The van der Waals surface area contributed by atoms with Crippen molar-refractivity contribution < 1.29 is 28.2 Å². The van der Waals surface area contributed by atoms with Gasteiger partial charge in [-0.15, -0.1) is 0 Å². The van der Waals surface area contributed by atoms with Crippen LogP contribution in [-0.2, 0) is 16.0 Å². The van der Waals surface area contributed by atoms with E-state index in [1.54, 1.807) is 48.5 Å². The van der Waals surface area contributed by atoms with Crippen LogP contribution in [0.2, 0.25) is 0 Å². The minimum Gasteiger partial charge on any atom is -0.465 e. The number of halogens is 1. The van der Waals surface area contributed by atoms with Crippen LogP contribution in [0.3, 0.4) is 0 Å².